The number of alkyl halides is 1. The van der Waals surface area contributed by atoms with Gasteiger partial charge in [0.1, 0.15) is 5.75 Å². The molecule has 0 bridgehead atoms. The van der Waals surface area contributed by atoms with Crippen LogP contribution in [-0.2, 0) is 14.6 Å². The van der Waals surface area contributed by atoms with Gasteiger partial charge in [0.2, 0.25) is 5.91 Å². The first-order valence-corrected chi connectivity index (χ1v) is 6.90. The first-order valence-electron chi connectivity index (χ1n) is 4.31. The Balaban J connectivity index is 4.45. The first kappa shape index (κ1) is 13.7. The molecule has 0 saturated heterocycles. The van der Waals surface area contributed by atoms with E-state index >= 15 is 0 Å². The Labute approximate surface area is 90.1 Å². The quantitative estimate of drug-likeness (QED) is 0.659. The van der Waals surface area contributed by atoms with Crippen LogP contribution in [0.15, 0.2) is 0 Å². The van der Waals surface area contributed by atoms with E-state index < -0.39 is 15.6 Å². The van der Waals surface area contributed by atoms with Crippen LogP contribution in [0.2, 0.25) is 0 Å². The summed E-state index contributed by atoms with van der Waals surface area (Å²) in [6.07, 6.45) is 1.05. The zero-order valence-electron chi connectivity index (χ0n) is 8.66. The molecule has 4 nitrogen and oxygen atoms in total. The average Bonchev–Trinajstić information content (AvgIpc) is 1.95. The zero-order chi connectivity index (χ0) is 11.4. The molecule has 0 rings (SSSR count). The molecule has 0 aromatic rings. The smallest absolute Gasteiger partial charge is 0.238 e. The highest BCUT2D eigenvalue weighted by Gasteiger charge is 2.20. The molecule has 0 atom stereocenters. The number of halogens is 1. The molecule has 0 heterocycles. The lowest BCUT2D eigenvalue weighted by Crippen LogP contribution is -2.41. The number of rotatable bonds is 5. The Kier molecular flexibility index (Phi) is 5.44. The van der Waals surface area contributed by atoms with Crippen molar-refractivity contribution in [3.8, 4) is 0 Å². The van der Waals surface area contributed by atoms with Crippen molar-refractivity contribution in [1.29, 1.82) is 0 Å². The van der Waals surface area contributed by atoms with Crippen LogP contribution >= 0.6 is 11.6 Å². The van der Waals surface area contributed by atoms with Crippen molar-refractivity contribution in [2.75, 3.05) is 24.4 Å². The highest BCUT2D eigenvalue weighted by Crippen LogP contribution is 2.01. The molecule has 0 N–H and O–H groups in total. The number of carbonyl (C=O) groups excluding carboxylic acids is 1. The minimum absolute atomic E-state index is 0.0250. The first-order chi connectivity index (χ1) is 6.28. The maximum absolute atomic E-state index is 11.5. The number of nitrogens with zero attached hydrogens (tertiary/aromatic N) is 1. The molecule has 0 aliphatic heterocycles. The Morgan fingerprint density at radius 1 is 1.43 bits per heavy atom. The van der Waals surface area contributed by atoms with Crippen molar-refractivity contribution >= 4 is 27.3 Å². The Morgan fingerprint density at radius 2 is 1.93 bits per heavy atom. The van der Waals surface area contributed by atoms with Gasteiger partial charge in [0.25, 0.3) is 0 Å². The van der Waals surface area contributed by atoms with Crippen LogP contribution in [0.1, 0.15) is 13.8 Å². The second-order valence-electron chi connectivity index (χ2n) is 3.44. The van der Waals surface area contributed by atoms with E-state index in [1.165, 1.54) is 4.90 Å². The predicted molar refractivity (Wildman–Crippen MR) is 57.3 cm³/mol. The summed E-state index contributed by atoms with van der Waals surface area (Å²) in [7, 11) is -3.25. The van der Waals surface area contributed by atoms with Crippen molar-refractivity contribution in [2.24, 2.45) is 0 Å². The highest BCUT2D eigenvalue weighted by atomic mass is 35.5. The molecule has 0 aliphatic rings. The van der Waals surface area contributed by atoms with Gasteiger partial charge in [0.15, 0.2) is 9.84 Å². The van der Waals surface area contributed by atoms with Crippen LogP contribution < -0.4 is 0 Å². The van der Waals surface area contributed by atoms with E-state index in [1.807, 2.05) is 13.8 Å². The van der Waals surface area contributed by atoms with Crippen LogP contribution in [-0.4, -0.2) is 49.7 Å². The molecule has 0 radical (unpaired) electrons. The molecule has 0 fully saturated rings. The number of amides is 1. The standard InChI is InChI=1S/C8H16ClNO3S/c1-7(2)10(5-4-9)8(11)6-14(3,12)13/h7H,4-6H2,1-3H3. The van der Waals surface area contributed by atoms with Gasteiger partial charge in [-0.05, 0) is 13.8 Å². The second kappa shape index (κ2) is 5.56. The summed E-state index contributed by atoms with van der Waals surface area (Å²) in [6.45, 7) is 4.03. The SMILES string of the molecule is CC(C)N(CCCl)C(=O)CS(C)(=O)=O. The molecule has 0 aromatic heterocycles. The molecule has 0 unspecified atom stereocenters. The van der Waals surface area contributed by atoms with Crippen LogP contribution in [0.25, 0.3) is 0 Å². The number of hydrogen-bond acceptors (Lipinski definition) is 3. The van der Waals surface area contributed by atoms with Crippen LogP contribution in [0.5, 0.6) is 0 Å². The number of sulfone groups is 1. The third kappa shape index (κ3) is 5.44. The van der Waals surface area contributed by atoms with Gasteiger partial charge in [0, 0.05) is 24.7 Å². The van der Waals surface area contributed by atoms with E-state index in [0.29, 0.717) is 12.4 Å². The lowest BCUT2D eigenvalue weighted by molar-refractivity contribution is -0.129. The second-order valence-corrected chi connectivity index (χ2v) is 5.96. The lowest BCUT2D eigenvalue weighted by atomic mass is 10.3. The van der Waals surface area contributed by atoms with E-state index in [1.54, 1.807) is 0 Å². The van der Waals surface area contributed by atoms with Gasteiger partial charge >= 0.3 is 0 Å². The molecule has 84 valence electrons. The average molecular weight is 242 g/mol. The number of carbonyl (C=O) groups is 1. The van der Waals surface area contributed by atoms with Crippen molar-refractivity contribution in [3.63, 3.8) is 0 Å². The Hall–Kier alpha value is -0.290. The molecule has 6 heteroatoms. The molecular formula is C8H16ClNO3S. The molecule has 0 aromatic carbocycles. The van der Waals surface area contributed by atoms with Gasteiger partial charge < -0.3 is 4.90 Å². The molecule has 0 aliphatic carbocycles. The fourth-order valence-electron chi connectivity index (χ4n) is 1.07. The minimum Gasteiger partial charge on any atom is -0.338 e. The highest BCUT2D eigenvalue weighted by molar-refractivity contribution is 7.91. The van der Waals surface area contributed by atoms with E-state index in [2.05, 4.69) is 0 Å². The fourth-order valence-corrected chi connectivity index (χ4v) is 1.87. The van der Waals surface area contributed by atoms with Crippen molar-refractivity contribution in [2.45, 2.75) is 19.9 Å². The van der Waals surface area contributed by atoms with Gasteiger partial charge in [-0.25, -0.2) is 8.42 Å². The molecule has 0 saturated carbocycles. The summed E-state index contributed by atoms with van der Waals surface area (Å²) >= 11 is 5.51. The van der Waals surface area contributed by atoms with Crippen LogP contribution in [0.4, 0.5) is 0 Å². The van der Waals surface area contributed by atoms with E-state index in [4.69, 9.17) is 11.6 Å². The largest absolute Gasteiger partial charge is 0.338 e. The maximum Gasteiger partial charge on any atom is 0.238 e. The Bertz CT molecular complexity index is 287. The summed E-state index contributed by atoms with van der Waals surface area (Å²) in [5.74, 6) is -0.515. The van der Waals surface area contributed by atoms with Crippen molar-refractivity contribution < 1.29 is 13.2 Å². The van der Waals surface area contributed by atoms with Gasteiger partial charge in [0.05, 0.1) is 0 Å². The summed E-state index contributed by atoms with van der Waals surface area (Å²) in [5.41, 5.74) is 0. The van der Waals surface area contributed by atoms with Gasteiger partial charge in [-0.2, -0.15) is 0 Å². The van der Waals surface area contributed by atoms with Crippen LogP contribution in [0, 0.1) is 0 Å². The van der Waals surface area contributed by atoms with Crippen LogP contribution in [0.3, 0.4) is 0 Å². The maximum atomic E-state index is 11.5. The normalized spacial score (nSPS) is 11.8. The van der Waals surface area contributed by atoms with Gasteiger partial charge in [-0.1, -0.05) is 0 Å². The van der Waals surface area contributed by atoms with E-state index in [-0.39, 0.29) is 11.9 Å². The minimum atomic E-state index is -3.25. The third-order valence-electron chi connectivity index (χ3n) is 1.65. The zero-order valence-corrected chi connectivity index (χ0v) is 10.2. The lowest BCUT2D eigenvalue weighted by Gasteiger charge is -2.25. The third-order valence-corrected chi connectivity index (χ3v) is 2.60. The molecular weight excluding hydrogens is 226 g/mol. The summed E-state index contributed by atoms with van der Waals surface area (Å²) in [5, 5.41) is 0. The molecule has 1 amide bonds. The summed E-state index contributed by atoms with van der Waals surface area (Å²) in [4.78, 5) is 12.9. The Morgan fingerprint density at radius 3 is 2.21 bits per heavy atom. The molecule has 0 spiro atoms. The predicted octanol–water partition coefficient (Wildman–Crippen LogP) is 0.507. The monoisotopic (exact) mass is 241 g/mol. The summed E-state index contributed by atoms with van der Waals surface area (Å²) < 4.78 is 21.8. The fraction of sp³-hybridized carbons (Fsp3) is 0.875. The van der Waals surface area contributed by atoms with E-state index in [9.17, 15) is 13.2 Å². The van der Waals surface area contributed by atoms with Crippen molar-refractivity contribution in [3.05, 3.63) is 0 Å². The van der Waals surface area contributed by atoms with Crippen molar-refractivity contribution in [1.82, 2.24) is 4.90 Å². The summed E-state index contributed by atoms with van der Waals surface area (Å²) in [6, 6.07) is -0.0250. The number of hydrogen-bond donors (Lipinski definition) is 0. The van der Waals surface area contributed by atoms with Gasteiger partial charge in [-0.15, -0.1) is 11.6 Å². The van der Waals surface area contributed by atoms with E-state index in [0.717, 1.165) is 6.26 Å². The molecule has 14 heavy (non-hydrogen) atoms. The van der Waals surface area contributed by atoms with Gasteiger partial charge in [-0.3, -0.25) is 4.79 Å². The topological polar surface area (TPSA) is 54.5 Å².